The van der Waals surface area contributed by atoms with Gasteiger partial charge in [-0.2, -0.15) is 0 Å². The van der Waals surface area contributed by atoms with Gasteiger partial charge in [-0.15, -0.1) is 0 Å². The van der Waals surface area contributed by atoms with Crippen LogP contribution in [0.15, 0.2) is 0 Å². The van der Waals surface area contributed by atoms with Crippen LogP contribution < -0.4 is 0 Å². The van der Waals surface area contributed by atoms with Gasteiger partial charge in [0.25, 0.3) is 0 Å². The largest absolute Gasteiger partial charge is 0.390 e. The minimum absolute atomic E-state index is 0.179. The van der Waals surface area contributed by atoms with E-state index in [4.69, 9.17) is 0 Å². The molecule has 1 rings (SSSR count). The number of aliphatic hydroxyl groups is 2. The number of ketones is 1. The van der Waals surface area contributed by atoms with E-state index >= 15 is 0 Å². The molecule has 3 nitrogen and oxygen atoms in total. The van der Waals surface area contributed by atoms with Gasteiger partial charge in [-0.05, 0) is 18.8 Å². The lowest BCUT2D eigenvalue weighted by Crippen LogP contribution is -2.41. The lowest BCUT2D eigenvalue weighted by atomic mass is 9.81. The zero-order valence-corrected chi connectivity index (χ0v) is 11.6. The Hall–Kier alpha value is -0.410. The highest BCUT2D eigenvalue weighted by Gasteiger charge is 2.33. The van der Waals surface area contributed by atoms with Gasteiger partial charge >= 0.3 is 0 Å². The SMILES string of the molecule is CCCCCCCCC[C@@H]1CC(=O)[C@@H](O)[C@H](O)C1. The molecule has 0 amide bonds. The summed E-state index contributed by atoms with van der Waals surface area (Å²) in [5.41, 5.74) is 0. The molecule has 0 unspecified atom stereocenters. The Morgan fingerprint density at radius 1 is 1.06 bits per heavy atom. The number of Topliss-reactive ketones (excluding diaryl/α,β-unsaturated/α-hetero) is 1. The Morgan fingerprint density at radius 3 is 2.28 bits per heavy atom. The molecule has 0 heterocycles. The topological polar surface area (TPSA) is 57.5 Å². The second-order valence-electron chi connectivity index (χ2n) is 5.69. The van der Waals surface area contributed by atoms with E-state index in [1.165, 1.54) is 38.5 Å². The van der Waals surface area contributed by atoms with Gasteiger partial charge in [0, 0.05) is 6.42 Å². The van der Waals surface area contributed by atoms with Crippen LogP contribution in [0.3, 0.4) is 0 Å². The van der Waals surface area contributed by atoms with Crippen LogP contribution in [-0.4, -0.2) is 28.2 Å². The smallest absolute Gasteiger partial charge is 0.164 e. The lowest BCUT2D eigenvalue weighted by molar-refractivity contribution is -0.139. The maximum absolute atomic E-state index is 11.4. The second kappa shape index (κ2) is 8.65. The Labute approximate surface area is 111 Å². The summed E-state index contributed by atoms with van der Waals surface area (Å²) in [6.45, 7) is 2.22. The number of hydrogen-bond acceptors (Lipinski definition) is 3. The third-order valence-corrected chi connectivity index (χ3v) is 3.97. The highest BCUT2D eigenvalue weighted by atomic mass is 16.3. The number of rotatable bonds is 8. The molecule has 0 aliphatic heterocycles. The van der Waals surface area contributed by atoms with Crippen LogP contribution in [-0.2, 0) is 4.79 Å². The summed E-state index contributed by atoms with van der Waals surface area (Å²) < 4.78 is 0. The van der Waals surface area contributed by atoms with Crippen molar-refractivity contribution in [3.05, 3.63) is 0 Å². The Kier molecular flexibility index (Phi) is 7.52. The van der Waals surface area contributed by atoms with Gasteiger partial charge in [-0.3, -0.25) is 4.79 Å². The van der Waals surface area contributed by atoms with Crippen molar-refractivity contribution in [2.24, 2.45) is 5.92 Å². The van der Waals surface area contributed by atoms with Gasteiger partial charge in [0.15, 0.2) is 5.78 Å². The van der Waals surface area contributed by atoms with Gasteiger partial charge in [0.05, 0.1) is 6.10 Å². The number of unbranched alkanes of at least 4 members (excludes halogenated alkanes) is 6. The molecule has 1 saturated carbocycles. The molecule has 0 bridgehead atoms. The maximum Gasteiger partial charge on any atom is 0.164 e. The first kappa shape index (κ1) is 15.6. The summed E-state index contributed by atoms with van der Waals surface area (Å²) in [6.07, 6.45) is 9.02. The van der Waals surface area contributed by atoms with Crippen molar-refractivity contribution < 1.29 is 15.0 Å². The zero-order chi connectivity index (χ0) is 13.4. The van der Waals surface area contributed by atoms with E-state index in [2.05, 4.69) is 6.92 Å². The van der Waals surface area contributed by atoms with Crippen molar-refractivity contribution in [3.8, 4) is 0 Å². The third kappa shape index (κ3) is 5.49. The van der Waals surface area contributed by atoms with Crippen LogP contribution >= 0.6 is 0 Å². The van der Waals surface area contributed by atoms with Crippen LogP contribution in [0.4, 0.5) is 0 Å². The predicted molar refractivity (Wildman–Crippen MR) is 72.4 cm³/mol. The Morgan fingerprint density at radius 2 is 1.67 bits per heavy atom. The summed E-state index contributed by atoms with van der Waals surface area (Å²) >= 11 is 0. The normalized spacial score (nSPS) is 28.6. The summed E-state index contributed by atoms with van der Waals surface area (Å²) in [5, 5.41) is 18.9. The molecule has 0 aromatic carbocycles. The van der Waals surface area contributed by atoms with Crippen molar-refractivity contribution in [1.29, 1.82) is 0 Å². The molecule has 1 aliphatic carbocycles. The minimum Gasteiger partial charge on any atom is -0.390 e. The molecule has 0 aromatic heterocycles. The maximum atomic E-state index is 11.4. The molecule has 0 spiro atoms. The third-order valence-electron chi connectivity index (χ3n) is 3.97. The Balaban J connectivity index is 2.04. The molecule has 3 atom stereocenters. The van der Waals surface area contributed by atoms with Crippen molar-refractivity contribution in [1.82, 2.24) is 0 Å². The number of carbonyl (C=O) groups is 1. The predicted octanol–water partition coefficient (Wildman–Crippen LogP) is 2.83. The van der Waals surface area contributed by atoms with Crippen LogP contribution in [0, 0.1) is 5.92 Å². The van der Waals surface area contributed by atoms with Gasteiger partial charge in [0.1, 0.15) is 6.10 Å². The number of carbonyl (C=O) groups excluding carboxylic acids is 1. The van der Waals surface area contributed by atoms with Gasteiger partial charge in [-0.25, -0.2) is 0 Å². The molecule has 1 aliphatic rings. The molecule has 2 N–H and O–H groups in total. The van der Waals surface area contributed by atoms with E-state index in [0.29, 0.717) is 12.8 Å². The fourth-order valence-corrected chi connectivity index (χ4v) is 2.78. The molecule has 3 heteroatoms. The quantitative estimate of drug-likeness (QED) is 0.657. The summed E-state index contributed by atoms with van der Waals surface area (Å²) in [4.78, 5) is 11.4. The Bertz CT molecular complexity index is 240. The molecule has 18 heavy (non-hydrogen) atoms. The van der Waals surface area contributed by atoms with E-state index < -0.39 is 12.2 Å². The average molecular weight is 256 g/mol. The van der Waals surface area contributed by atoms with Crippen LogP contribution in [0.5, 0.6) is 0 Å². The van der Waals surface area contributed by atoms with Crippen LogP contribution in [0.2, 0.25) is 0 Å². The fourth-order valence-electron chi connectivity index (χ4n) is 2.78. The molecular weight excluding hydrogens is 228 g/mol. The monoisotopic (exact) mass is 256 g/mol. The fraction of sp³-hybridized carbons (Fsp3) is 0.933. The van der Waals surface area contributed by atoms with E-state index in [-0.39, 0.29) is 11.7 Å². The average Bonchev–Trinajstić information content (AvgIpc) is 2.34. The minimum atomic E-state index is -1.13. The zero-order valence-electron chi connectivity index (χ0n) is 11.6. The number of aliphatic hydroxyl groups excluding tert-OH is 2. The van der Waals surface area contributed by atoms with Crippen molar-refractivity contribution in [2.45, 2.75) is 83.3 Å². The number of hydrogen-bond donors (Lipinski definition) is 2. The standard InChI is InChI=1S/C15H28O3/c1-2-3-4-5-6-7-8-9-12-10-13(16)15(18)14(17)11-12/h12-13,15-16,18H,2-11H2,1H3/t12-,13+,15-/m0/s1. The van der Waals surface area contributed by atoms with Gasteiger partial charge in [-0.1, -0.05) is 51.9 Å². The molecular formula is C15H28O3. The van der Waals surface area contributed by atoms with Crippen molar-refractivity contribution in [3.63, 3.8) is 0 Å². The summed E-state index contributed by atoms with van der Waals surface area (Å²) in [7, 11) is 0. The first-order chi connectivity index (χ1) is 8.65. The highest BCUT2D eigenvalue weighted by Crippen LogP contribution is 2.27. The summed E-state index contributed by atoms with van der Waals surface area (Å²) in [5.74, 6) is 0.105. The first-order valence-electron chi connectivity index (χ1n) is 7.54. The van der Waals surface area contributed by atoms with E-state index in [1.807, 2.05) is 0 Å². The first-order valence-corrected chi connectivity index (χ1v) is 7.54. The second-order valence-corrected chi connectivity index (χ2v) is 5.69. The molecule has 1 fully saturated rings. The molecule has 0 saturated heterocycles. The van der Waals surface area contributed by atoms with Gasteiger partial charge in [0.2, 0.25) is 0 Å². The van der Waals surface area contributed by atoms with Gasteiger partial charge < -0.3 is 10.2 Å². The molecule has 0 radical (unpaired) electrons. The van der Waals surface area contributed by atoms with Crippen LogP contribution in [0.25, 0.3) is 0 Å². The highest BCUT2D eigenvalue weighted by molar-refractivity contribution is 5.84. The van der Waals surface area contributed by atoms with Crippen molar-refractivity contribution >= 4 is 5.78 Å². The van der Waals surface area contributed by atoms with Crippen LogP contribution in [0.1, 0.15) is 71.1 Å². The van der Waals surface area contributed by atoms with E-state index in [1.54, 1.807) is 0 Å². The van der Waals surface area contributed by atoms with E-state index in [0.717, 1.165) is 12.8 Å². The van der Waals surface area contributed by atoms with Crippen molar-refractivity contribution in [2.75, 3.05) is 0 Å². The van der Waals surface area contributed by atoms with E-state index in [9.17, 15) is 15.0 Å². The molecule has 106 valence electrons. The summed E-state index contributed by atoms with van der Waals surface area (Å²) in [6, 6.07) is 0. The molecule has 0 aromatic rings. The lowest BCUT2D eigenvalue weighted by Gasteiger charge is -2.28.